The minimum Gasteiger partial charge on any atom is -0.481 e. The van der Waals surface area contributed by atoms with Gasteiger partial charge in [-0.3, -0.25) is 15.0 Å². The first kappa shape index (κ1) is 18.8. The number of anilines is 1. The molecule has 2 amide bonds. The number of halogens is 1. The molecule has 0 unspecified atom stereocenters. The summed E-state index contributed by atoms with van der Waals surface area (Å²) in [6.07, 6.45) is -0.937. The van der Waals surface area contributed by atoms with Crippen LogP contribution in [0.4, 0.5) is 10.1 Å². The summed E-state index contributed by atoms with van der Waals surface area (Å²) in [5, 5.41) is 2.60. The van der Waals surface area contributed by atoms with Crippen LogP contribution in [0.2, 0.25) is 0 Å². The first-order chi connectivity index (χ1) is 12.7. The van der Waals surface area contributed by atoms with Crippen molar-refractivity contribution < 1.29 is 27.1 Å². The van der Waals surface area contributed by atoms with Gasteiger partial charge in [0, 0.05) is 5.69 Å². The average Bonchev–Trinajstić information content (AvgIpc) is 3.00. The number of fused-ring (bicyclic) bond motifs is 1. The lowest BCUT2D eigenvalue weighted by Gasteiger charge is -2.15. The van der Waals surface area contributed by atoms with Gasteiger partial charge >= 0.3 is 0 Å². The molecule has 0 radical (unpaired) electrons. The quantitative estimate of drug-likeness (QED) is 0.636. The molecule has 27 heavy (non-hydrogen) atoms. The third-order valence-corrected chi connectivity index (χ3v) is 5.06. The Morgan fingerprint density at radius 2 is 1.93 bits per heavy atom. The highest BCUT2D eigenvalue weighted by Crippen LogP contribution is 2.25. The standard InChI is InChI=1S/C17H16FN3O5S/c1-10(26-13-4-2-12(18)3-5-13)17(23)20-21-27(24,25)14-6-7-15-11(8-14)9-16(22)19-15/h2-8,10,21H,9H2,1H3,(H,19,22)(H,20,23)/t10-/m1/s1. The van der Waals surface area contributed by atoms with E-state index in [0.717, 1.165) is 0 Å². The molecule has 1 aliphatic rings. The topological polar surface area (TPSA) is 114 Å². The Hall–Kier alpha value is -2.98. The summed E-state index contributed by atoms with van der Waals surface area (Å²) in [6, 6.07) is 9.22. The first-order valence-corrected chi connectivity index (χ1v) is 9.39. The van der Waals surface area contributed by atoms with Crippen LogP contribution in [0, 0.1) is 5.82 Å². The third-order valence-electron chi connectivity index (χ3n) is 3.82. The highest BCUT2D eigenvalue weighted by molar-refractivity contribution is 7.89. The van der Waals surface area contributed by atoms with Crippen molar-refractivity contribution in [3.05, 3.63) is 53.8 Å². The summed E-state index contributed by atoms with van der Waals surface area (Å²) in [4.78, 5) is 25.3. The van der Waals surface area contributed by atoms with Crippen LogP contribution >= 0.6 is 0 Å². The zero-order valence-electron chi connectivity index (χ0n) is 14.2. The van der Waals surface area contributed by atoms with E-state index in [1.807, 2.05) is 4.83 Å². The molecular formula is C17H16FN3O5S. The smallest absolute Gasteiger partial charge is 0.275 e. The predicted molar refractivity (Wildman–Crippen MR) is 93.7 cm³/mol. The number of carbonyl (C=O) groups excluding carboxylic acids is 2. The molecule has 1 heterocycles. The van der Waals surface area contributed by atoms with Crippen molar-refractivity contribution in [1.29, 1.82) is 0 Å². The molecule has 10 heteroatoms. The van der Waals surface area contributed by atoms with E-state index in [2.05, 4.69) is 10.7 Å². The molecule has 1 atom stereocenters. The fourth-order valence-corrected chi connectivity index (χ4v) is 3.32. The van der Waals surface area contributed by atoms with Gasteiger partial charge in [0.2, 0.25) is 5.91 Å². The lowest BCUT2D eigenvalue weighted by atomic mass is 10.2. The molecule has 142 valence electrons. The highest BCUT2D eigenvalue weighted by Gasteiger charge is 2.23. The maximum absolute atomic E-state index is 12.9. The van der Waals surface area contributed by atoms with Crippen molar-refractivity contribution >= 4 is 27.5 Å². The van der Waals surface area contributed by atoms with E-state index in [-0.39, 0.29) is 23.0 Å². The summed E-state index contributed by atoms with van der Waals surface area (Å²) in [5.41, 5.74) is 3.19. The third kappa shape index (κ3) is 4.41. The fourth-order valence-electron chi connectivity index (χ4n) is 2.42. The molecular weight excluding hydrogens is 377 g/mol. The molecule has 0 aliphatic carbocycles. The summed E-state index contributed by atoms with van der Waals surface area (Å²) in [5.74, 6) is -1.13. The van der Waals surface area contributed by atoms with Crippen LogP contribution in [0.1, 0.15) is 12.5 Å². The van der Waals surface area contributed by atoms with Gasteiger partial charge in [0.05, 0.1) is 11.3 Å². The Morgan fingerprint density at radius 1 is 1.22 bits per heavy atom. The molecule has 1 aliphatic heterocycles. The molecule has 3 N–H and O–H groups in total. The van der Waals surface area contributed by atoms with Gasteiger partial charge in [0.15, 0.2) is 6.10 Å². The second-order valence-corrected chi connectivity index (χ2v) is 7.54. The largest absolute Gasteiger partial charge is 0.481 e. The van der Waals surface area contributed by atoms with Gasteiger partial charge in [-0.05, 0) is 55.0 Å². The number of carbonyl (C=O) groups is 2. The molecule has 0 spiro atoms. The van der Waals surface area contributed by atoms with Crippen LogP contribution in [-0.4, -0.2) is 26.3 Å². The number of sulfonamides is 1. The number of amides is 2. The van der Waals surface area contributed by atoms with Crippen LogP contribution in [0.25, 0.3) is 0 Å². The summed E-state index contributed by atoms with van der Waals surface area (Å²) in [6.45, 7) is 1.42. The number of ether oxygens (including phenoxy) is 1. The highest BCUT2D eigenvalue weighted by atomic mass is 32.2. The summed E-state index contributed by atoms with van der Waals surface area (Å²) >= 11 is 0. The Kier molecular flexibility index (Phi) is 5.10. The zero-order chi connectivity index (χ0) is 19.6. The molecule has 3 rings (SSSR count). The number of rotatable bonds is 6. The van der Waals surface area contributed by atoms with Gasteiger partial charge in [-0.1, -0.05) is 0 Å². The van der Waals surface area contributed by atoms with E-state index in [0.29, 0.717) is 11.3 Å². The van der Waals surface area contributed by atoms with Gasteiger partial charge in [-0.15, -0.1) is 4.83 Å². The minimum absolute atomic E-state index is 0.0909. The lowest BCUT2D eigenvalue weighted by Crippen LogP contribution is -2.47. The molecule has 0 saturated heterocycles. The summed E-state index contributed by atoms with van der Waals surface area (Å²) in [7, 11) is -4.03. The normalized spacial score (nSPS) is 14.2. The average molecular weight is 393 g/mol. The molecule has 2 aromatic rings. The number of benzene rings is 2. The Morgan fingerprint density at radius 3 is 2.63 bits per heavy atom. The molecule has 2 aromatic carbocycles. The Balaban J connectivity index is 1.61. The van der Waals surface area contributed by atoms with Gasteiger partial charge in [0.25, 0.3) is 15.9 Å². The molecule has 8 nitrogen and oxygen atoms in total. The number of hydrogen-bond acceptors (Lipinski definition) is 5. The van der Waals surface area contributed by atoms with E-state index in [1.54, 1.807) is 0 Å². The van der Waals surface area contributed by atoms with Crippen molar-refractivity contribution in [2.24, 2.45) is 0 Å². The van der Waals surface area contributed by atoms with Crippen LogP contribution in [0.3, 0.4) is 0 Å². The fraction of sp³-hybridized carbons (Fsp3) is 0.176. The molecule has 0 fully saturated rings. The van der Waals surface area contributed by atoms with Gasteiger partial charge in [-0.25, -0.2) is 12.8 Å². The lowest BCUT2D eigenvalue weighted by molar-refractivity contribution is -0.127. The van der Waals surface area contributed by atoms with Crippen molar-refractivity contribution in [2.75, 3.05) is 5.32 Å². The van der Waals surface area contributed by atoms with Crippen molar-refractivity contribution in [1.82, 2.24) is 10.3 Å². The monoisotopic (exact) mass is 393 g/mol. The van der Waals surface area contributed by atoms with E-state index in [1.165, 1.54) is 49.4 Å². The molecule has 0 aromatic heterocycles. The van der Waals surface area contributed by atoms with E-state index in [4.69, 9.17) is 4.74 Å². The van der Waals surface area contributed by atoms with E-state index < -0.39 is 27.9 Å². The second-order valence-electron chi connectivity index (χ2n) is 5.85. The van der Waals surface area contributed by atoms with Gasteiger partial charge < -0.3 is 10.1 Å². The Bertz CT molecular complexity index is 992. The second kappa shape index (κ2) is 7.33. The Labute approximate surface area is 154 Å². The van der Waals surface area contributed by atoms with Crippen LogP contribution in [-0.2, 0) is 26.0 Å². The van der Waals surface area contributed by atoms with Crippen molar-refractivity contribution in [2.45, 2.75) is 24.3 Å². The number of nitrogens with one attached hydrogen (secondary N) is 3. The van der Waals surface area contributed by atoms with Crippen LogP contribution in [0.5, 0.6) is 5.75 Å². The SMILES string of the molecule is C[C@@H](Oc1ccc(F)cc1)C(=O)NNS(=O)(=O)c1ccc2c(c1)CC(=O)N2. The van der Waals surface area contributed by atoms with E-state index >= 15 is 0 Å². The number of hydrogen-bond donors (Lipinski definition) is 3. The summed E-state index contributed by atoms with van der Waals surface area (Å²) < 4.78 is 42.8. The van der Waals surface area contributed by atoms with E-state index in [9.17, 15) is 22.4 Å². The maximum Gasteiger partial charge on any atom is 0.275 e. The molecule has 0 bridgehead atoms. The first-order valence-electron chi connectivity index (χ1n) is 7.91. The van der Waals surface area contributed by atoms with Crippen molar-refractivity contribution in [3.63, 3.8) is 0 Å². The minimum atomic E-state index is -4.03. The van der Waals surface area contributed by atoms with Crippen LogP contribution < -0.4 is 20.3 Å². The maximum atomic E-state index is 12.9. The number of hydrazine groups is 1. The zero-order valence-corrected chi connectivity index (χ0v) is 15.0. The van der Waals surface area contributed by atoms with Crippen LogP contribution in [0.15, 0.2) is 47.4 Å². The van der Waals surface area contributed by atoms with Gasteiger partial charge in [0.1, 0.15) is 11.6 Å². The van der Waals surface area contributed by atoms with Gasteiger partial charge in [-0.2, -0.15) is 0 Å². The predicted octanol–water partition coefficient (Wildman–Crippen LogP) is 1.10. The van der Waals surface area contributed by atoms with Crippen molar-refractivity contribution in [3.8, 4) is 5.75 Å². The molecule has 0 saturated carbocycles.